The minimum atomic E-state index is 0.156. The first-order chi connectivity index (χ1) is 15.1. The number of ether oxygens (including phenoxy) is 2. The van der Waals surface area contributed by atoms with Gasteiger partial charge >= 0.3 is 0 Å². The van der Waals surface area contributed by atoms with Gasteiger partial charge < -0.3 is 24.6 Å². The van der Waals surface area contributed by atoms with Gasteiger partial charge in [-0.05, 0) is 50.5 Å². The molecule has 2 fully saturated rings. The summed E-state index contributed by atoms with van der Waals surface area (Å²) in [5.41, 5.74) is 0.897. The molecule has 31 heavy (non-hydrogen) atoms. The molecule has 0 aromatic heterocycles. The maximum absolute atomic E-state index is 11.7. The number of carbonyl (C=O) groups excluding carboxylic acids is 1. The zero-order chi connectivity index (χ0) is 22.1. The number of piperidine rings is 1. The molecule has 0 radical (unpaired) electrons. The van der Waals surface area contributed by atoms with Crippen molar-refractivity contribution < 1.29 is 14.3 Å². The van der Waals surface area contributed by atoms with Crippen molar-refractivity contribution in [3.05, 3.63) is 24.3 Å². The zero-order valence-electron chi connectivity index (χ0n) is 18.8. The molecule has 0 unspecified atom stereocenters. The lowest BCUT2D eigenvalue weighted by Gasteiger charge is -2.40. The summed E-state index contributed by atoms with van der Waals surface area (Å²) in [6.45, 7) is 11.4. The first-order valence-electron chi connectivity index (χ1n) is 11.4. The number of nitrogens with one attached hydrogen (secondary N) is 1. The molecule has 0 aliphatic carbocycles. The second kappa shape index (κ2) is 12.2. The fourth-order valence-corrected chi connectivity index (χ4v) is 4.62. The molecule has 0 spiro atoms. The molecule has 0 saturated carbocycles. The zero-order valence-corrected chi connectivity index (χ0v) is 19.7. The van der Waals surface area contributed by atoms with E-state index in [-0.39, 0.29) is 5.91 Å². The molecule has 1 N–H and O–H groups in total. The van der Waals surface area contributed by atoms with Crippen LogP contribution in [0.15, 0.2) is 24.3 Å². The Morgan fingerprint density at radius 1 is 1.23 bits per heavy atom. The lowest BCUT2D eigenvalue weighted by atomic mass is 10.0. The largest absolute Gasteiger partial charge is 0.492 e. The van der Waals surface area contributed by atoms with E-state index in [1.807, 2.05) is 36.1 Å². The number of nitrogens with zero attached hydrogens (tertiary/aromatic N) is 3. The number of hydrogen-bond donors (Lipinski definition) is 1. The van der Waals surface area contributed by atoms with E-state index in [1.165, 1.54) is 0 Å². The quantitative estimate of drug-likeness (QED) is 0.614. The van der Waals surface area contributed by atoms with Gasteiger partial charge in [0, 0.05) is 52.2 Å². The van der Waals surface area contributed by atoms with Gasteiger partial charge in [-0.3, -0.25) is 9.69 Å². The predicted octanol–water partition coefficient (Wildman–Crippen LogP) is 2.82. The molecule has 1 aromatic rings. The van der Waals surface area contributed by atoms with Crippen molar-refractivity contribution in [1.82, 2.24) is 14.7 Å². The van der Waals surface area contributed by atoms with Crippen LogP contribution in [0, 0.1) is 0 Å². The molecule has 8 heteroatoms. The van der Waals surface area contributed by atoms with E-state index >= 15 is 0 Å². The highest BCUT2D eigenvalue weighted by atomic mass is 32.1. The summed E-state index contributed by atoms with van der Waals surface area (Å²) in [5.74, 6) is 0.968. The normalized spacial score (nSPS) is 17.9. The summed E-state index contributed by atoms with van der Waals surface area (Å²) in [5, 5.41) is 4.17. The third kappa shape index (κ3) is 7.05. The van der Waals surface area contributed by atoms with E-state index in [0.717, 1.165) is 88.3 Å². The number of likely N-dealkylation sites (tertiary alicyclic amines) is 1. The van der Waals surface area contributed by atoms with E-state index in [4.69, 9.17) is 21.7 Å². The molecule has 0 bridgehead atoms. The van der Waals surface area contributed by atoms with Gasteiger partial charge in [0.2, 0.25) is 5.91 Å². The maximum atomic E-state index is 11.7. The van der Waals surface area contributed by atoms with Crippen molar-refractivity contribution in [2.75, 3.05) is 64.4 Å². The highest BCUT2D eigenvalue weighted by molar-refractivity contribution is 7.80. The van der Waals surface area contributed by atoms with E-state index in [0.29, 0.717) is 12.6 Å². The van der Waals surface area contributed by atoms with Crippen molar-refractivity contribution in [1.29, 1.82) is 0 Å². The van der Waals surface area contributed by atoms with Gasteiger partial charge in [-0.2, -0.15) is 0 Å². The van der Waals surface area contributed by atoms with Crippen LogP contribution in [0.25, 0.3) is 0 Å². The first kappa shape index (κ1) is 23.8. The van der Waals surface area contributed by atoms with Crippen molar-refractivity contribution in [2.45, 2.75) is 39.2 Å². The van der Waals surface area contributed by atoms with Crippen LogP contribution in [0.1, 0.15) is 33.1 Å². The van der Waals surface area contributed by atoms with Crippen molar-refractivity contribution in [2.24, 2.45) is 0 Å². The van der Waals surface area contributed by atoms with Gasteiger partial charge in [0.25, 0.3) is 0 Å². The van der Waals surface area contributed by atoms with Gasteiger partial charge in [0.1, 0.15) is 5.75 Å². The van der Waals surface area contributed by atoms with E-state index in [9.17, 15) is 4.79 Å². The Hall–Kier alpha value is -1.90. The molecule has 2 heterocycles. The Kier molecular flexibility index (Phi) is 9.36. The molecule has 1 aromatic carbocycles. The Balaban J connectivity index is 1.64. The number of amides is 1. The lowest BCUT2D eigenvalue weighted by Crippen LogP contribution is -2.50. The minimum Gasteiger partial charge on any atom is -0.492 e. The molecule has 3 rings (SSSR count). The number of morpholine rings is 1. The summed E-state index contributed by atoms with van der Waals surface area (Å²) in [7, 11) is 0. The number of rotatable bonds is 8. The molecule has 2 aliphatic heterocycles. The molecule has 0 atom stereocenters. The molecule has 172 valence electrons. The highest BCUT2D eigenvalue weighted by Gasteiger charge is 2.27. The van der Waals surface area contributed by atoms with Crippen molar-refractivity contribution in [3.8, 4) is 5.75 Å². The Morgan fingerprint density at radius 3 is 2.61 bits per heavy atom. The smallest absolute Gasteiger partial charge is 0.219 e. The second-order valence-electron chi connectivity index (χ2n) is 8.10. The van der Waals surface area contributed by atoms with Crippen LogP contribution in [-0.4, -0.2) is 90.9 Å². The van der Waals surface area contributed by atoms with E-state index in [1.54, 1.807) is 6.92 Å². The second-order valence-corrected chi connectivity index (χ2v) is 8.48. The summed E-state index contributed by atoms with van der Waals surface area (Å²) in [4.78, 5) is 18.5. The molecule has 2 saturated heterocycles. The van der Waals surface area contributed by atoms with Gasteiger partial charge in [-0.15, -0.1) is 0 Å². The topological polar surface area (TPSA) is 57.3 Å². The fourth-order valence-electron chi connectivity index (χ4n) is 4.27. The number of carbonyl (C=O) groups is 1. The van der Waals surface area contributed by atoms with Crippen LogP contribution in [0.2, 0.25) is 0 Å². The van der Waals surface area contributed by atoms with Gasteiger partial charge in [-0.1, -0.05) is 12.1 Å². The summed E-state index contributed by atoms with van der Waals surface area (Å²) >= 11 is 5.88. The molecule has 1 amide bonds. The standard InChI is InChI=1S/C23H36N4O3S/c1-3-30-22-8-5-4-7-21(22)24-23(31)27(12-6-11-25-15-17-29-18-16-25)20-9-13-26(14-10-20)19(2)28/h4-5,7-8,20H,3,6,9-18H2,1-2H3,(H,24,31). The Bertz CT molecular complexity index is 719. The molecule has 7 nitrogen and oxygen atoms in total. The summed E-state index contributed by atoms with van der Waals surface area (Å²) in [6.07, 6.45) is 2.92. The summed E-state index contributed by atoms with van der Waals surface area (Å²) < 4.78 is 11.2. The van der Waals surface area contributed by atoms with Crippen LogP contribution in [0.4, 0.5) is 5.69 Å². The number of thiocarbonyl (C=S) groups is 1. The third-order valence-corrected chi connectivity index (χ3v) is 6.35. The number of hydrogen-bond acceptors (Lipinski definition) is 5. The van der Waals surface area contributed by atoms with Crippen LogP contribution in [-0.2, 0) is 9.53 Å². The monoisotopic (exact) mass is 448 g/mol. The van der Waals surface area contributed by atoms with Gasteiger partial charge in [0.05, 0.1) is 25.5 Å². The van der Waals surface area contributed by atoms with Crippen LogP contribution < -0.4 is 10.1 Å². The van der Waals surface area contributed by atoms with Crippen molar-refractivity contribution in [3.63, 3.8) is 0 Å². The van der Waals surface area contributed by atoms with Crippen LogP contribution >= 0.6 is 12.2 Å². The molecular formula is C23H36N4O3S. The average Bonchev–Trinajstić information content (AvgIpc) is 2.79. The van der Waals surface area contributed by atoms with Crippen LogP contribution in [0.3, 0.4) is 0 Å². The van der Waals surface area contributed by atoms with Crippen molar-refractivity contribution >= 4 is 28.9 Å². The third-order valence-electron chi connectivity index (χ3n) is 6.02. The predicted molar refractivity (Wildman–Crippen MR) is 128 cm³/mol. The SMILES string of the molecule is CCOc1ccccc1NC(=S)N(CCCN1CCOCC1)C1CCN(C(C)=O)CC1. The number of para-hydroxylation sites is 2. The Labute approximate surface area is 191 Å². The average molecular weight is 449 g/mol. The Morgan fingerprint density at radius 2 is 1.94 bits per heavy atom. The maximum Gasteiger partial charge on any atom is 0.219 e. The van der Waals surface area contributed by atoms with E-state index < -0.39 is 0 Å². The van der Waals surface area contributed by atoms with E-state index in [2.05, 4.69) is 15.1 Å². The number of benzene rings is 1. The first-order valence-corrected chi connectivity index (χ1v) is 11.8. The highest BCUT2D eigenvalue weighted by Crippen LogP contribution is 2.25. The van der Waals surface area contributed by atoms with Crippen LogP contribution in [0.5, 0.6) is 5.75 Å². The summed E-state index contributed by atoms with van der Waals surface area (Å²) in [6, 6.07) is 8.25. The number of anilines is 1. The fraction of sp³-hybridized carbons (Fsp3) is 0.652. The molecular weight excluding hydrogens is 412 g/mol. The van der Waals surface area contributed by atoms with Gasteiger partial charge in [0.15, 0.2) is 5.11 Å². The molecule has 2 aliphatic rings. The minimum absolute atomic E-state index is 0.156. The lowest BCUT2D eigenvalue weighted by molar-refractivity contribution is -0.130. The van der Waals surface area contributed by atoms with Gasteiger partial charge in [-0.25, -0.2) is 0 Å².